The number of fused-ring (bicyclic) bond motifs is 1. The van der Waals surface area contributed by atoms with Gasteiger partial charge in [0.2, 0.25) is 0 Å². The Morgan fingerprint density at radius 1 is 1.11 bits per heavy atom. The first-order valence-corrected chi connectivity index (χ1v) is 13.4. The number of amides is 1. The largest absolute Gasteiger partial charge is 0.337 e. The first-order valence-electron chi connectivity index (χ1n) is 11.6. The molecule has 1 saturated heterocycles. The summed E-state index contributed by atoms with van der Waals surface area (Å²) in [5.41, 5.74) is 6.14. The number of rotatable bonds is 6. The second-order valence-electron chi connectivity index (χ2n) is 9.24. The summed E-state index contributed by atoms with van der Waals surface area (Å²) in [6, 6.07) is 15.2. The lowest BCUT2D eigenvalue weighted by atomic mass is 10.1. The average Bonchev–Trinajstić information content (AvgIpc) is 3.50. The Hall–Kier alpha value is -3.53. The highest BCUT2D eigenvalue weighted by atomic mass is 32.2. The van der Waals surface area contributed by atoms with Crippen molar-refractivity contribution in [1.29, 1.82) is 0 Å². The van der Waals surface area contributed by atoms with Gasteiger partial charge >= 0.3 is 0 Å². The monoisotopic (exact) mass is 492 g/mol. The van der Waals surface area contributed by atoms with Crippen molar-refractivity contribution in [3.63, 3.8) is 0 Å². The molecule has 1 atom stereocenters. The van der Waals surface area contributed by atoms with E-state index in [1.165, 1.54) is 0 Å². The van der Waals surface area contributed by atoms with Gasteiger partial charge in [-0.15, -0.1) is 5.10 Å². The van der Waals surface area contributed by atoms with Crippen LogP contribution >= 0.6 is 0 Å². The van der Waals surface area contributed by atoms with Crippen molar-refractivity contribution in [3.8, 4) is 0 Å². The minimum Gasteiger partial charge on any atom is -0.337 e. The fraction of sp³-hybridized carbons (Fsp3) is 0.360. The van der Waals surface area contributed by atoms with Crippen molar-refractivity contribution in [2.24, 2.45) is 0 Å². The van der Waals surface area contributed by atoms with E-state index in [1.807, 2.05) is 71.7 Å². The zero-order chi connectivity index (χ0) is 24.7. The maximum Gasteiger partial charge on any atom is 0.253 e. The number of nitrogens with zero attached hydrogens (tertiary/aromatic N) is 6. The molecule has 10 heteroatoms. The fourth-order valence-electron chi connectivity index (χ4n) is 4.74. The van der Waals surface area contributed by atoms with Crippen molar-refractivity contribution >= 4 is 26.8 Å². The molecule has 0 unspecified atom stereocenters. The molecule has 3 heterocycles. The number of benzene rings is 2. The zero-order valence-corrected chi connectivity index (χ0v) is 20.9. The minimum atomic E-state index is -3.00. The lowest BCUT2D eigenvalue weighted by Crippen LogP contribution is -2.26. The molecule has 0 spiro atoms. The predicted molar refractivity (Wildman–Crippen MR) is 133 cm³/mol. The van der Waals surface area contributed by atoms with Gasteiger partial charge in [0.25, 0.3) is 5.91 Å². The van der Waals surface area contributed by atoms with Gasteiger partial charge in [-0.25, -0.2) is 13.1 Å². The fourth-order valence-corrected chi connectivity index (χ4v) is 6.43. The van der Waals surface area contributed by atoms with Crippen LogP contribution in [0.1, 0.15) is 45.3 Å². The molecule has 2 aromatic carbocycles. The van der Waals surface area contributed by atoms with Crippen molar-refractivity contribution < 1.29 is 13.2 Å². The zero-order valence-electron chi connectivity index (χ0n) is 20.0. The van der Waals surface area contributed by atoms with E-state index in [2.05, 4.69) is 15.4 Å². The molecule has 35 heavy (non-hydrogen) atoms. The Kier molecular flexibility index (Phi) is 5.92. The highest BCUT2D eigenvalue weighted by molar-refractivity contribution is 7.91. The van der Waals surface area contributed by atoms with Crippen LogP contribution in [0.3, 0.4) is 0 Å². The molecule has 0 radical (unpaired) electrons. The summed E-state index contributed by atoms with van der Waals surface area (Å²) in [7, 11) is -1.23. The van der Waals surface area contributed by atoms with Crippen LogP contribution in [0.5, 0.6) is 0 Å². The van der Waals surface area contributed by atoms with Gasteiger partial charge in [0.15, 0.2) is 9.84 Å². The summed E-state index contributed by atoms with van der Waals surface area (Å²) in [6.07, 6.45) is 0.579. The molecule has 0 N–H and O–H groups in total. The van der Waals surface area contributed by atoms with Crippen molar-refractivity contribution in [1.82, 2.24) is 29.7 Å². The number of carbonyl (C=O) groups excluding carboxylic acids is 1. The molecule has 9 nitrogen and oxygen atoms in total. The van der Waals surface area contributed by atoms with Crippen molar-refractivity contribution in [2.75, 3.05) is 18.6 Å². The number of hydrogen-bond acceptors (Lipinski definition) is 6. The summed E-state index contributed by atoms with van der Waals surface area (Å²) in [5.74, 6) is 0.241. The van der Waals surface area contributed by atoms with E-state index < -0.39 is 9.84 Å². The van der Waals surface area contributed by atoms with Gasteiger partial charge in [0.05, 0.1) is 35.3 Å². The van der Waals surface area contributed by atoms with Gasteiger partial charge in [0.1, 0.15) is 5.52 Å². The molecule has 1 amide bonds. The molecular weight excluding hydrogens is 464 g/mol. The number of sulfone groups is 1. The van der Waals surface area contributed by atoms with Crippen molar-refractivity contribution in [3.05, 3.63) is 76.6 Å². The lowest BCUT2D eigenvalue weighted by Gasteiger charge is -2.18. The highest BCUT2D eigenvalue weighted by Crippen LogP contribution is 2.27. The Morgan fingerprint density at radius 2 is 1.86 bits per heavy atom. The molecule has 1 fully saturated rings. The van der Waals surface area contributed by atoms with E-state index in [0.29, 0.717) is 25.1 Å². The van der Waals surface area contributed by atoms with Gasteiger partial charge in [-0.2, -0.15) is 5.10 Å². The van der Waals surface area contributed by atoms with E-state index in [4.69, 9.17) is 0 Å². The summed E-state index contributed by atoms with van der Waals surface area (Å²) in [6.45, 7) is 4.83. The van der Waals surface area contributed by atoms with Crippen LogP contribution in [0.25, 0.3) is 11.0 Å². The molecule has 2 aromatic heterocycles. The second-order valence-corrected chi connectivity index (χ2v) is 11.5. The third-order valence-electron chi connectivity index (χ3n) is 6.72. The summed E-state index contributed by atoms with van der Waals surface area (Å²) >= 11 is 0. The van der Waals surface area contributed by atoms with Crippen LogP contribution in [0.4, 0.5) is 0 Å². The van der Waals surface area contributed by atoms with Gasteiger partial charge < -0.3 is 4.90 Å². The third-order valence-corrected chi connectivity index (χ3v) is 8.47. The standard InChI is InChI=1S/C25H28N6O3S/c1-17-22(18(2)31(27-17)21-12-13-35(33,34)16-21)15-29(3)25(32)20-10-8-19(9-11-20)14-30-24-7-5-4-6-23(24)26-28-30/h4-11,21H,12-16H2,1-3H3/t21-/m1/s1. The molecule has 5 rings (SSSR count). The SMILES string of the molecule is Cc1nn([C@@H]2CCS(=O)(=O)C2)c(C)c1CN(C)C(=O)c1ccc(Cn2nnc3ccccc32)cc1. The van der Waals surface area contributed by atoms with Crippen LogP contribution in [-0.2, 0) is 22.9 Å². The number of para-hydroxylation sites is 1. The first kappa shape index (κ1) is 23.2. The number of carbonyl (C=O) groups is 1. The smallest absolute Gasteiger partial charge is 0.253 e. The quantitative estimate of drug-likeness (QED) is 0.410. The highest BCUT2D eigenvalue weighted by Gasteiger charge is 2.31. The summed E-state index contributed by atoms with van der Waals surface area (Å²) in [4.78, 5) is 14.8. The van der Waals surface area contributed by atoms with Crippen LogP contribution in [0.2, 0.25) is 0 Å². The molecule has 182 valence electrons. The van der Waals surface area contributed by atoms with Crippen LogP contribution < -0.4 is 0 Å². The topological polar surface area (TPSA) is 103 Å². The lowest BCUT2D eigenvalue weighted by molar-refractivity contribution is 0.0784. The Labute approximate surface area is 204 Å². The van der Waals surface area contributed by atoms with E-state index in [-0.39, 0.29) is 23.5 Å². The molecule has 0 saturated carbocycles. The Balaban J connectivity index is 1.28. The minimum absolute atomic E-state index is 0.0854. The van der Waals surface area contributed by atoms with E-state index >= 15 is 0 Å². The Bertz CT molecular complexity index is 1500. The molecular formula is C25H28N6O3S. The summed E-state index contributed by atoms with van der Waals surface area (Å²) in [5, 5.41) is 13.0. The Morgan fingerprint density at radius 3 is 2.57 bits per heavy atom. The normalized spacial score (nSPS) is 17.2. The average molecular weight is 493 g/mol. The molecule has 0 aliphatic carbocycles. The maximum atomic E-state index is 13.1. The first-order chi connectivity index (χ1) is 16.7. The molecule has 4 aromatic rings. The van der Waals surface area contributed by atoms with Gasteiger partial charge in [-0.05, 0) is 50.1 Å². The van der Waals surface area contributed by atoms with Gasteiger partial charge in [0, 0.05) is 30.4 Å². The maximum absolute atomic E-state index is 13.1. The molecule has 1 aliphatic heterocycles. The molecule has 0 bridgehead atoms. The van der Waals surface area contributed by atoms with E-state index in [0.717, 1.165) is 33.5 Å². The van der Waals surface area contributed by atoms with Crippen LogP contribution in [0.15, 0.2) is 48.5 Å². The number of aromatic nitrogens is 5. The van der Waals surface area contributed by atoms with Crippen LogP contribution in [-0.4, -0.2) is 62.6 Å². The van der Waals surface area contributed by atoms with Crippen LogP contribution in [0, 0.1) is 13.8 Å². The van der Waals surface area contributed by atoms with Gasteiger partial charge in [-0.3, -0.25) is 9.48 Å². The molecule has 1 aliphatic rings. The summed E-state index contributed by atoms with van der Waals surface area (Å²) < 4.78 is 27.5. The second kappa shape index (κ2) is 8.92. The van der Waals surface area contributed by atoms with Crippen molar-refractivity contribution in [2.45, 2.75) is 39.4 Å². The van der Waals surface area contributed by atoms with E-state index in [9.17, 15) is 13.2 Å². The number of hydrogen-bond donors (Lipinski definition) is 0. The van der Waals surface area contributed by atoms with E-state index in [1.54, 1.807) is 11.9 Å². The third kappa shape index (κ3) is 4.58. The van der Waals surface area contributed by atoms with Gasteiger partial charge in [-0.1, -0.05) is 29.5 Å². The predicted octanol–water partition coefficient (Wildman–Crippen LogP) is 2.92. The number of aryl methyl sites for hydroxylation is 1.